The lowest BCUT2D eigenvalue weighted by Crippen LogP contribution is -2.42. The van der Waals surface area contributed by atoms with Gasteiger partial charge in [-0.2, -0.15) is 0 Å². The summed E-state index contributed by atoms with van der Waals surface area (Å²) >= 11 is 1.68. The smallest absolute Gasteiger partial charge is 0.225 e. The quantitative estimate of drug-likeness (QED) is 0.827. The summed E-state index contributed by atoms with van der Waals surface area (Å²) in [5.41, 5.74) is 6.12. The molecule has 18 heavy (non-hydrogen) atoms. The summed E-state index contributed by atoms with van der Waals surface area (Å²) in [6.45, 7) is 2.03. The predicted octanol–water partition coefficient (Wildman–Crippen LogP) is 2.83. The van der Waals surface area contributed by atoms with Crippen molar-refractivity contribution in [2.24, 2.45) is 11.7 Å². The summed E-state index contributed by atoms with van der Waals surface area (Å²) in [5.74, 6) is 0.125. The van der Waals surface area contributed by atoms with Gasteiger partial charge in [-0.3, -0.25) is 4.79 Å². The van der Waals surface area contributed by atoms with Gasteiger partial charge in [-0.25, -0.2) is 0 Å². The maximum atomic E-state index is 12.3. The third-order valence-corrected chi connectivity index (χ3v) is 4.79. The number of amides is 1. The zero-order valence-electron chi connectivity index (χ0n) is 10.9. The number of nitrogens with one attached hydrogen (secondary N) is 1. The average molecular weight is 266 g/mol. The number of rotatable bonds is 3. The van der Waals surface area contributed by atoms with E-state index in [1.54, 1.807) is 11.3 Å². The fraction of sp³-hybridized carbons (Fsp3) is 0.643. The Bertz CT molecular complexity index is 377. The molecule has 2 unspecified atom stereocenters. The van der Waals surface area contributed by atoms with E-state index in [-0.39, 0.29) is 23.9 Å². The van der Waals surface area contributed by atoms with Gasteiger partial charge in [0.1, 0.15) is 0 Å². The van der Waals surface area contributed by atoms with Crippen LogP contribution in [0.5, 0.6) is 0 Å². The van der Waals surface area contributed by atoms with Crippen LogP contribution >= 0.6 is 11.3 Å². The molecule has 0 saturated heterocycles. The lowest BCUT2D eigenvalue weighted by atomic mass is 9.94. The van der Waals surface area contributed by atoms with Crippen molar-refractivity contribution in [3.8, 4) is 0 Å². The van der Waals surface area contributed by atoms with E-state index in [0.29, 0.717) is 0 Å². The van der Waals surface area contributed by atoms with Crippen molar-refractivity contribution in [2.45, 2.75) is 51.1 Å². The van der Waals surface area contributed by atoms with E-state index in [1.807, 2.05) is 18.4 Å². The van der Waals surface area contributed by atoms with Gasteiger partial charge in [-0.15, -0.1) is 11.3 Å². The highest BCUT2D eigenvalue weighted by molar-refractivity contribution is 7.10. The molecule has 1 aromatic rings. The Hall–Kier alpha value is -0.870. The molecule has 0 radical (unpaired) electrons. The molecule has 3 atom stereocenters. The van der Waals surface area contributed by atoms with Crippen molar-refractivity contribution >= 4 is 17.2 Å². The van der Waals surface area contributed by atoms with Crippen LogP contribution in [0.3, 0.4) is 0 Å². The molecule has 0 spiro atoms. The van der Waals surface area contributed by atoms with Crippen LogP contribution in [0, 0.1) is 5.92 Å². The van der Waals surface area contributed by atoms with Gasteiger partial charge in [0.2, 0.25) is 5.91 Å². The van der Waals surface area contributed by atoms with Crippen molar-refractivity contribution in [1.82, 2.24) is 5.32 Å². The minimum atomic E-state index is -0.00471. The van der Waals surface area contributed by atoms with Crippen LogP contribution < -0.4 is 11.1 Å². The first-order valence-electron chi connectivity index (χ1n) is 6.78. The highest BCUT2D eigenvalue weighted by atomic mass is 32.1. The largest absolute Gasteiger partial charge is 0.348 e. The first kappa shape index (κ1) is 13.6. The normalized spacial score (nSPS) is 26.3. The molecular formula is C14H22N2OS. The second-order valence-corrected chi connectivity index (χ2v) is 6.13. The van der Waals surface area contributed by atoms with Crippen molar-refractivity contribution < 1.29 is 4.79 Å². The number of nitrogens with two attached hydrogens (primary N) is 1. The van der Waals surface area contributed by atoms with Gasteiger partial charge in [0, 0.05) is 10.9 Å². The van der Waals surface area contributed by atoms with Crippen LogP contribution in [0.15, 0.2) is 17.5 Å². The summed E-state index contributed by atoms with van der Waals surface area (Å²) in [7, 11) is 0. The summed E-state index contributed by atoms with van der Waals surface area (Å²) in [4.78, 5) is 13.5. The molecule has 1 aromatic heterocycles. The Labute approximate surface area is 113 Å². The fourth-order valence-electron chi connectivity index (χ4n) is 2.59. The number of hydrogen-bond donors (Lipinski definition) is 2. The minimum Gasteiger partial charge on any atom is -0.348 e. The van der Waals surface area contributed by atoms with E-state index in [1.165, 1.54) is 11.3 Å². The van der Waals surface area contributed by atoms with Crippen LogP contribution in [-0.2, 0) is 4.79 Å². The lowest BCUT2D eigenvalue weighted by molar-refractivity contribution is -0.126. The second kappa shape index (κ2) is 6.34. The molecule has 0 aromatic carbocycles. The van der Waals surface area contributed by atoms with Crippen LogP contribution in [0.1, 0.15) is 49.9 Å². The monoisotopic (exact) mass is 266 g/mol. The second-order valence-electron chi connectivity index (χ2n) is 5.15. The number of hydrogen-bond acceptors (Lipinski definition) is 3. The van der Waals surface area contributed by atoms with E-state index < -0.39 is 0 Å². The van der Waals surface area contributed by atoms with Gasteiger partial charge in [0.05, 0.1) is 12.0 Å². The molecule has 3 nitrogen and oxygen atoms in total. The van der Waals surface area contributed by atoms with Crippen LogP contribution in [0.4, 0.5) is 0 Å². The van der Waals surface area contributed by atoms with E-state index in [2.05, 4.69) is 11.4 Å². The highest BCUT2D eigenvalue weighted by Crippen LogP contribution is 2.24. The molecule has 1 aliphatic carbocycles. The molecule has 4 heteroatoms. The molecule has 1 saturated carbocycles. The Kier molecular flexibility index (Phi) is 4.78. The number of carbonyl (C=O) groups is 1. The summed E-state index contributed by atoms with van der Waals surface area (Å²) in [5, 5.41) is 5.14. The van der Waals surface area contributed by atoms with Crippen molar-refractivity contribution in [1.29, 1.82) is 0 Å². The maximum absolute atomic E-state index is 12.3. The van der Waals surface area contributed by atoms with Gasteiger partial charge in [0.15, 0.2) is 0 Å². The summed E-state index contributed by atoms with van der Waals surface area (Å²) < 4.78 is 0. The van der Waals surface area contributed by atoms with Crippen molar-refractivity contribution in [2.75, 3.05) is 0 Å². The Morgan fingerprint density at radius 2 is 2.22 bits per heavy atom. The minimum absolute atomic E-state index is 0.00471. The number of carbonyl (C=O) groups excluding carboxylic acids is 1. The molecule has 0 bridgehead atoms. The van der Waals surface area contributed by atoms with Gasteiger partial charge in [-0.05, 0) is 31.2 Å². The Morgan fingerprint density at radius 3 is 2.94 bits per heavy atom. The number of thiophene rings is 1. The topological polar surface area (TPSA) is 55.1 Å². The summed E-state index contributed by atoms with van der Waals surface area (Å²) in [6.07, 6.45) is 5.40. The molecule has 2 rings (SSSR count). The molecule has 1 aliphatic rings. The molecule has 100 valence electrons. The third kappa shape index (κ3) is 3.33. The zero-order valence-corrected chi connectivity index (χ0v) is 11.7. The first-order chi connectivity index (χ1) is 8.68. The molecule has 1 heterocycles. The van der Waals surface area contributed by atoms with Crippen LogP contribution in [0.25, 0.3) is 0 Å². The zero-order chi connectivity index (χ0) is 13.0. The first-order valence-corrected chi connectivity index (χ1v) is 7.66. The summed E-state index contributed by atoms with van der Waals surface area (Å²) in [6, 6.07) is 4.19. The molecule has 3 N–H and O–H groups in total. The van der Waals surface area contributed by atoms with Gasteiger partial charge in [0.25, 0.3) is 0 Å². The van der Waals surface area contributed by atoms with E-state index in [0.717, 1.165) is 25.7 Å². The van der Waals surface area contributed by atoms with Gasteiger partial charge in [-0.1, -0.05) is 25.3 Å². The Balaban J connectivity index is 1.94. The molecular weight excluding hydrogens is 244 g/mol. The third-order valence-electron chi connectivity index (χ3n) is 3.73. The van der Waals surface area contributed by atoms with Crippen LogP contribution in [0.2, 0.25) is 0 Å². The SMILES string of the molecule is C[C@H](NC(=O)C1CCCCCC1N)c1cccs1. The van der Waals surface area contributed by atoms with E-state index in [4.69, 9.17) is 5.73 Å². The Morgan fingerprint density at radius 1 is 1.44 bits per heavy atom. The molecule has 1 fully saturated rings. The van der Waals surface area contributed by atoms with Crippen molar-refractivity contribution in [3.05, 3.63) is 22.4 Å². The standard InChI is InChI=1S/C14H22N2OS/c1-10(13-8-5-9-18-13)16-14(17)11-6-3-2-4-7-12(11)15/h5,8-12H,2-4,6-7,15H2,1H3,(H,16,17)/t10-,11?,12?/m0/s1. The van der Waals surface area contributed by atoms with Crippen LogP contribution in [-0.4, -0.2) is 11.9 Å². The van der Waals surface area contributed by atoms with E-state index >= 15 is 0 Å². The van der Waals surface area contributed by atoms with Gasteiger partial charge >= 0.3 is 0 Å². The lowest BCUT2D eigenvalue weighted by Gasteiger charge is -2.22. The highest BCUT2D eigenvalue weighted by Gasteiger charge is 2.27. The molecule has 1 amide bonds. The fourth-order valence-corrected chi connectivity index (χ4v) is 3.33. The average Bonchev–Trinajstić information content (AvgIpc) is 2.79. The predicted molar refractivity (Wildman–Crippen MR) is 75.4 cm³/mol. The van der Waals surface area contributed by atoms with Crippen molar-refractivity contribution in [3.63, 3.8) is 0 Å². The van der Waals surface area contributed by atoms with E-state index in [9.17, 15) is 4.79 Å². The maximum Gasteiger partial charge on any atom is 0.225 e. The molecule has 0 aliphatic heterocycles. The van der Waals surface area contributed by atoms with Gasteiger partial charge < -0.3 is 11.1 Å².